The van der Waals surface area contributed by atoms with Crippen molar-refractivity contribution < 1.29 is 13.2 Å². The molecule has 1 aromatic heterocycles. The van der Waals surface area contributed by atoms with Crippen LogP contribution in [0.5, 0.6) is 0 Å². The number of fused-ring (bicyclic) bond motifs is 3. The lowest BCUT2D eigenvalue weighted by molar-refractivity contribution is 0.0938. The van der Waals surface area contributed by atoms with E-state index in [4.69, 9.17) is 0 Å². The summed E-state index contributed by atoms with van der Waals surface area (Å²) in [5, 5.41) is 7.28. The SMILES string of the molecule is CC1CCN(CCNC(=O)c2nn(C)c3c2CS(=O)(=O)c2ccccc2-3)CC1. The molecule has 1 N–H and O–H groups in total. The van der Waals surface area contributed by atoms with Gasteiger partial charge in [0.25, 0.3) is 5.91 Å². The molecule has 2 aliphatic rings. The lowest BCUT2D eigenvalue weighted by Crippen LogP contribution is -2.39. The Morgan fingerprint density at radius 1 is 1.25 bits per heavy atom. The highest BCUT2D eigenvalue weighted by atomic mass is 32.2. The molecule has 0 radical (unpaired) electrons. The van der Waals surface area contributed by atoms with Gasteiger partial charge in [-0.15, -0.1) is 0 Å². The van der Waals surface area contributed by atoms with Gasteiger partial charge < -0.3 is 10.2 Å². The second-order valence-electron chi connectivity index (χ2n) is 7.83. The fourth-order valence-corrected chi connectivity index (χ4v) is 5.72. The molecule has 0 bridgehead atoms. The highest BCUT2D eigenvalue weighted by molar-refractivity contribution is 7.90. The molecule has 2 aromatic rings. The quantitative estimate of drug-likeness (QED) is 0.844. The Labute approximate surface area is 165 Å². The van der Waals surface area contributed by atoms with Gasteiger partial charge in [-0.3, -0.25) is 9.48 Å². The Balaban J connectivity index is 1.52. The molecule has 4 rings (SSSR count). The van der Waals surface area contributed by atoms with Crippen molar-refractivity contribution in [2.24, 2.45) is 13.0 Å². The van der Waals surface area contributed by atoms with Crippen LogP contribution in [0.2, 0.25) is 0 Å². The van der Waals surface area contributed by atoms with Crippen molar-refractivity contribution in [1.82, 2.24) is 20.0 Å². The molecule has 1 aromatic carbocycles. The zero-order valence-electron chi connectivity index (χ0n) is 16.3. The summed E-state index contributed by atoms with van der Waals surface area (Å²) in [6.07, 6.45) is 2.39. The van der Waals surface area contributed by atoms with E-state index >= 15 is 0 Å². The van der Waals surface area contributed by atoms with Crippen LogP contribution in [0, 0.1) is 5.92 Å². The molecular weight excluding hydrogens is 376 g/mol. The number of carbonyl (C=O) groups excluding carboxylic acids is 1. The van der Waals surface area contributed by atoms with Crippen LogP contribution < -0.4 is 5.32 Å². The number of nitrogens with one attached hydrogen (secondary N) is 1. The topological polar surface area (TPSA) is 84.3 Å². The second-order valence-corrected chi connectivity index (χ2v) is 9.79. The number of aryl methyl sites for hydroxylation is 1. The lowest BCUT2D eigenvalue weighted by atomic mass is 9.99. The monoisotopic (exact) mass is 402 g/mol. The van der Waals surface area contributed by atoms with Crippen LogP contribution in [-0.4, -0.2) is 55.2 Å². The standard InChI is InChI=1S/C20H26N4O3S/c1-14-7-10-24(11-8-14)12-9-21-20(25)18-16-13-28(26,27)17-6-4-3-5-15(17)19(16)23(2)22-18/h3-6,14H,7-13H2,1-2H3,(H,21,25). The fourth-order valence-electron chi connectivity index (χ4n) is 4.12. The Hall–Kier alpha value is -2.19. The fraction of sp³-hybridized carbons (Fsp3) is 0.500. The van der Waals surface area contributed by atoms with Crippen LogP contribution in [0.25, 0.3) is 11.3 Å². The number of piperidine rings is 1. The van der Waals surface area contributed by atoms with Crippen molar-refractivity contribution in [3.63, 3.8) is 0 Å². The molecule has 1 amide bonds. The highest BCUT2D eigenvalue weighted by Crippen LogP contribution is 2.38. The van der Waals surface area contributed by atoms with Gasteiger partial charge in [0.1, 0.15) is 0 Å². The molecule has 150 valence electrons. The predicted molar refractivity (Wildman–Crippen MR) is 107 cm³/mol. The predicted octanol–water partition coefficient (Wildman–Crippen LogP) is 1.84. The van der Waals surface area contributed by atoms with Crippen molar-refractivity contribution in [3.05, 3.63) is 35.5 Å². The third kappa shape index (κ3) is 3.46. The van der Waals surface area contributed by atoms with Crippen LogP contribution >= 0.6 is 0 Å². The normalized spacial score (nSPS) is 19.1. The Morgan fingerprint density at radius 2 is 1.96 bits per heavy atom. The molecule has 2 aliphatic heterocycles. The molecule has 0 atom stereocenters. The summed E-state index contributed by atoms with van der Waals surface area (Å²) >= 11 is 0. The van der Waals surface area contributed by atoms with Crippen LogP contribution in [0.4, 0.5) is 0 Å². The number of carbonyl (C=O) groups is 1. The second kappa shape index (κ2) is 7.33. The first-order valence-corrected chi connectivity index (χ1v) is 11.4. The summed E-state index contributed by atoms with van der Waals surface area (Å²) in [6.45, 7) is 5.72. The van der Waals surface area contributed by atoms with Crippen LogP contribution in [0.1, 0.15) is 35.8 Å². The van der Waals surface area contributed by atoms with Gasteiger partial charge in [0.05, 0.1) is 16.3 Å². The van der Waals surface area contributed by atoms with Gasteiger partial charge in [-0.25, -0.2) is 8.42 Å². The number of amides is 1. The smallest absolute Gasteiger partial charge is 0.272 e. The maximum atomic E-state index is 12.7. The molecule has 0 saturated carbocycles. The van der Waals surface area contributed by atoms with E-state index in [1.165, 1.54) is 12.8 Å². The molecule has 3 heterocycles. The molecule has 1 saturated heterocycles. The van der Waals surface area contributed by atoms with Crippen molar-refractivity contribution in [2.45, 2.75) is 30.4 Å². The Morgan fingerprint density at radius 3 is 2.71 bits per heavy atom. The van der Waals surface area contributed by atoms with Crippen LogP contribution in [0.15, 0.2) is 29.2 Å². The molecule has 1 fully saturated rings. The zero-order valence-corrected chi connectivity index (χ0v) is 17.1. The van der Waals surface area contributed by atoms with E-state index in [0.717, 1.165) is 25.6 Å². The first-order chi connectivity index (χ1) is 13.4. The lowest BCUT2D eigenvalue weighted by Gasteiger charge is -2.30. The van der Waals surface area contributed by atoms with E-state index in [-0.39, 0.29) is 17.4 Å². The number of aromatic nitrogens is 2. The zero-order chi connectivity index (χ0) is 19.9. The Bertz CT molecular complexity index is 1000. The first kappa shape index (κ1) is 19.1. The summed E-state index contributed by atoms with van der Waals surface area (Å²) in [5.41, 5.74) is 2.02. The highest BCUT2D eigenvalue weighted by Gasteiger charge is 2.34. The van der Waals surface area contributed by atoms with Crippen molar-refractivity contribution >= 4 is 15.7 Å². The summed E-state index contributed by atoms with van der Waals surface area (Å²) in [5.74, 6) is 0.271. The van der Waals surface area contributed by atoms with Crippen molar-refractivity contribution in [3.8, 4) is 11.3 Å². The van der Waals surface area contributed by atoms with Crippen molar-refractivity contribution in [2.75, 3.05) is 26.2 Å². The summed E-state index contributed by atoms with van der Waals surface area (Å²) < 4.78 is 27.0. The molecular formula is C20H26N4O3S. The summed E-state index contributed by atoms with van der Waals surface area (Å²) in [7, 11) is -1.73. The van der Waals surface area contributed by atoms with Crippen LogP contribution in [0.3, 0.4) is 0 Å². The molecule has 8 heteroatoms. The Kier molecular flexibility index (Phi) is 5.01. The van der Waals surface area contributed by atoms with E-state index < -0.39 is 9.84 Å². The minimum atomic E-state index is -3.48. The van der Waals surface area contributed by atoms with Gasteiger partial charge in [-0.1, -0.05) is 25.1 Å². The maximum absolute atomic E-state index is 12.7. The minimum absolute atomic E-state index is 0.194. The van der Waals surface area contributed by atoms with E-state index in [1.807, 2.05) is 0 Å². The molecule has 0 spiro atoms. The summed E-state index contributed by atoms with van der Waals surface area (Å²) in [6, 6.07) is 6.90. The van der Waals surface area contributed by atoms with Gasteiger partial charge >= 0.3 is 0 Å². The number of benzene rings is 1. The molecule has 28 heavy (non-hydrogen) atoms. The van der Waals surface area contributed by atoms with Gasteiger partial charge in [0, 0.05) is 31.3 Å². The van der Waals surface area contributed by atoms with E-state index in [9.17, 15) is 13.2 Å². The number of likely N-dealkylation sites (tertiary alicyclic amines) is 1. The third-order valence-corrected chi connectivity index (χ3v) is 7.46. The number of hydrogen-bond donors (Lipinski definition) is 1. The molecule has 7 nitrogen and oxygen atoms in total. The van der Waals surface area contributed by atoms with Crippen molar-refractivity contribution in [1.29, 1.82) is 0 Å². The van der Waals surface area contributed by atoms with E-state index in [2.05, 4.69) is 22.2 Å². The summed E-state index contributed by atoms with van der Waals surface area (Å²) in [4.78, 5) is 15.4. The van der Waals surface area contributed by atoms with Crippen LogP contribution in [-0.2, 0) is 22.6 Å². The average Bonchev–Trinajstić information content (AvgIpc) is 2.99. The number of hydrogen-bond acceptors (Lipinski definition) is 5. The van der Waals surface area contributed by atoms with E-state index in [0.29, 0.717) is 28.3 Å². The van der Waals surface area contributed by atoms with Gasteiger partial charge in [0.15, 0.2) is 15.5 Å². The average molecular weight is 403 g/mol. The number of nitrogens with zero attached hydrogens (tertiary/aromatic N) is 3. The van der Waals surface area contributed by atoms with Gasteiger partial charge in [0.2, 0.25) is 0 Å². The van der Waals surface area contributed by atoms with E-state index in [1.54, 1.807) is 36.0 Å². The largest absolute Gasteiger partial charge is 0.349 e. The first-order valence-electron chi connectivity index (χ1n) is 9.75. The van der Waals surface area contributed by atoms with Gasteiger partial charge in [-0.2, -0.15) is 5.10 Å². The minimum Gasteiger partial charge on any atom is -0.349 e. The molecule has 0 aliphatic carbocycles. The number of rotatable bonds is 4. The third-order valence-electron chi connectivity index (χ3n) is 5.76. The molecule has 0 unspecified atom stereocenters. The maximum Gasteiger partial charge on any atom is 0.272 e. The number of sulfone groups is 1. The van der Waals surface area contributed by atoms with Gasteiger partial charge in [-0.05, 0) is 37.9 Å².